The van der Waals surface area contributed by atoms with E-state index in [-0.39, 0.29) is 18.4 Å². The number of carbonyl (C=O) groups excluding carboxylic acids is 2. The Morgan fingerprint density at radius 1 is 1.10 bits per heavy atom. The van der Waals surface area contributed by atoms with Crippen LogP contribution in [0, 0.1) is 0 Å². The molecule has 1 N–H and O–H groups in total. The number of ether oxygens (including phenoxy) is 3. The Kier molecular flexibility index (Phi) is 6.55. The van der Waals surface area contributed by atoms with Crippen molar-refractivity contribution >= 4 is 33.4 Å². The minimum absolute atomic E-state index is 0.0720. The first-order chi connectivity index (χ1) is 14.3. The maximum absolute atomic E-state index is 13.1. The molecule has 0 spiro atoms. The van der Waals surface area contributed by atoms with Crippen molar-refractivity contribution in [2.45, 2.75) is 31.8 Å². The van der Waals surface area contributed by atoms with Crippen LogP contribution in [0.15, 0.2) is 40.9 Å². The van der Waals surface area contributed by atoms with Crippen LogP contribution in [0.2, 0.25) is 0 Å². The van der Waals surface area contributed by atoms with Gasteiger partial charge in [-0.15, -0.1) is 0 Å². The largest absolute Gasteiger partial charge is 0.493 e. The van der Waals surface area contributed by atoms with Crippen molar-refractivity contribution in [3.05, 3.63) is 46.4 Å². The topological polar surface area (TPSA) is 77.1 Å². The van der Waals surface area contributed by atoms with E-state index in [0.29, 0.717) is 35.8 Å². The number of likely N-dealkylation sites (tertiary alicyclic amines) is 1. The predicted molar refractivity (Wildman–Crippen MR) is 117 cm³/mol. The van der Waals surface area contributed by atoms with Crippen molar-refractivity contribution in [2.75, 3.05) is 26.6 Å². The van der Waals surface area contributed by atoms with Gasteiger partial charge in [-0.1, -0.05) is 15.9 Å². The van der Waals surface area contributed by atoms with E-state index >= 15 is 0 Å². The number of amides is 2. The summed E-state index contributed by atoms with van der Waals surface area (Å²) in [7, 11) is 4.61. The Labute approximate surface area is 184 Å². The molecule has 1 saturated heterocycles. The van der Waals surface area contributed by atoms with Crippen LogP contribution in [-0.2, 0) is 16.1 Å². The normalized spacial score (nSPS) is 18.3. The van der Waals surface area contributed by atoms with Crippen LogP contribution in [0.5, 0.6) is 17.2 Å². The van der Waals surface area contributed by atoms with Crippen LogP contribution < -0.4 is 19.5 Å². The van der Waals surface area contributed by atoms with Gasteiger partial charge >= 0.3 is 0 Å². The van der Waals surface area contributed by atoms with E-state index in [1.165, 1.54) is 21.3 Å². The summed E-state index contributed by atoms with van der Waals surface area (Å²) in [5.41, 5.74) is 0.490. The Bertz CT molecular complexity index is 922. The number of nitrogens with zero attached hydrogens (tertiary/aromatic N) is 1. The van der Waals surface area contributed by atoms with Crippen molar-refractivity contribution in [2.24, 2.45) is 0 Å². The molecule has 0 unspecified atom stereocenters. The first-order valence-electron chi connectivity index (χ1n) is 9.48. The van der Waals surface area contributed by atoms with E-state index < -0.39 is 5.54 Å². The van der Waals surface area contributed by atoms with Gasteiger partial charge in [-0.05, 0) is 55.3 Å². The molecule has 8 heteroatoms. The Hall–Kier alpha value is -2.74. The van der Waals surface area contributed by atoms with Crippen LogP contribution in [0.3, 0.4) is 0 Å². The highest BCUT2D eigenvalue weighted by Gasteiger charge is 2.47. The quantitative estimate of drug-likeness (QED) is 0.653. The van der Waals surface area contributed by atoms with Gasteiger partial charge in [0.2, 0.25) is 17.6 Å². The van der Waals surface area contributed by atoms with E-state index in [0.717, 1.165) is 10.0 Å². The molecular formula is C22H25BrN2O5. The molecule has 2 aromatic rings. The van der Waals surface area contributed by atoms with Gasteiger partial charge in [-0.25, -0.2) is 0 Å². The van der Waals surface area contributed by atoms with Gasteiger partial charge in [0, 0.05) is 23.1 Å². The summed E-state index contributed by atoms with van der Waals surface area (Å²) >= 11 is 3.38. The third-order valence-corrected chi connectivity index (χ3v) is 5.91. The first-order valence-corrected chi connectivity index (χ1v) is 10.3. The number of rotatable bonds is 7. The lowest BCUT2D eigenvalue weighted by Crippen LogP contribution is -2.51. The molecule has 2 amide bonds. The number of hydrogen-bond acceptors (Lipinski definition) is 5. The number of methoxy groups -OCH3 is 3. The highest BCUT2D eigenvalue weighted by atomic mass is 79.9. The summed E-state index contributed by atoms with van der Waals surface area (Å²) in [6, 6.07) is 10.9. The number of hydrogen-bond donors (Lipinski definition) is 1. The molecule has 1 aliphatic heterocycles. The van der Waals surface area contributed by atoms with Crippen LogP contribution >= 0.6 is 15.9 Å². The second-order valence-corrected chi connectivity index (χ2v) is 8.16. The van der Waals surface area contributed by atoms with Gasteiger partial charge in [-0.3, -0.25) is 9.59 Å². The Morgan fingerprint density at radius 2 is 1.70 bits per heavy atom. The van der Waals surface area contributed by atoms with Gasteiger partial charge in [0.05, 0.1) is 21.3 Å². The first kappa shape index (κ1) is 22.0. The molecule has 1 atom stereocenters. The molecule has 160 valence electrons. The lowest BCUT2D eigenvalue weighted by Gasteiger charge is -2.34. The zero-order valence-corrected chi connectivity index (χ0v) is 19.0. The zero-order chi connectivity index (χ0) is 21.9. The van der Waals surface area contributed by atoms with E-state index in [1.54, 1.807) is 24.0 Å². The van der Waals surface area contributed by atoms with Crippen molar-refractivity contribution in [3.8, 4) is 17.2 Å². The van der Waals surface area contributed by atoms with Gasteiger partial charge in [-0.2, -0.15) is 0 Å². The third kappa shape index (κ3) is 4.23. The molecule has 0 aromatic heterocycles. The number of halogens is 1. The van der Waals surface area contributed by atoms with Crippen molar-refractivity contribution in [3.63, 3.8) is 0 Å². The molecule has 0 aliphatic carbocycles. The maximum Gasteiger partial charge on any atom is 0.250 e. The number of nitrogens with one attached hydrogen (secondary N) is 1. The summed E-state index contributed by atoms with van der Waals surface area (Å²) in [6.45, 7) is 2.05. The third-order valence-electron chi connectivity index (χ3n) is 5.38. The summed E-state index contributed by atoms with van der Waals surface area (Å²) in [4.78, 5) is 27.4. The van der Waals surface area contributed by atoms with Gasteiger partial charge in [0.25, 0.3) is 0 Å². The smallest absolute Gasteiger partial charge is 0.250 e. The molecule has 1 fully saturated rings. The molecule has 1 heterocycles. The van der Waals surface area contributed by atoms with E-state index in [1.807, 2.05) is 24.3 Å². The van der Waals surface area contributed by atoms with Crippen molar-refractivity contribution < 1.29 is 23.8 Å². The minimum atomic E-state index is -0.968. The summed E-state index contributed by atoms with van der Waals surface area (Å²) in [5.74, 6) is 1.19. The Balaban J connectivity index is 1.87. The van der Waals surface area contributed by atoms with Crippen molar-refractivity contribution in [1.82, 2.24) is 4.90 Å². The number of benzene rings is 2. The van der Waals surface area contributed by atoms with Gasteiger partial charge in [0.15, 0.2) is 11.5 Å². The second-order valence-electron chi connectivity index (χ2n) is 7.25. The van der Waals surface area contributed by atoms with Crippen LogP contribution in [-0.4, -0.2) is 43.6 Å². The summed E-state index contributed by atoms with van der Waals surface area (Å²) in [5, 5.41) is 2.93. The summed E-state index contributed by atoms with van der Waals surface area (Å²) in [6.07, 6.45) is 0.757. The highest BCUT2D eigenvalue weighted by molar-refractivity contribution is 9.10. The van der Waals surface area contributed by atoms with Crippen molar-refractivity contribution in [1.29, 1.82) is 0 Å². The minimum Gasteiger partial charge on any atom is -0.493 e. The average molecular weight is 477 g/mol. The van der Waals surface area contributed by atoms with E-state index in [9.17, 15) is 9.59 Å². The summed E-state index contributed by atoms with van der Waals surface area (Å²) < 4.78 is 17.1. The monoisotopic (exact) mass is 476 g/mol. The zero-order valence-electron chi connectivity index (χ0n) is 17.5. The SMILES string of the molecule is COc1cc(CN2C(=O)CC[C@]2(C)C(=O)Nc2ccc(Br)cc2)cc(OC)c1OC. The van der Waals surface area contributed by atoms with E-state index in [4.69, 9.17) is 14.2 Å². The molecule has 7 nitrogen and oxygen atoms in total. The lowest BCUT2D eigenvalue weighted by molar-refractivity contribution is -0.138. The molecule has 2 aromatic carbocycles. The molecular weight excluding hydrogens is 452 g/mol. The lowest BCUT2D eigenvalue weighted by atomic mass is 9.96. The predicted octanol–water partition coefficient (Wildman–Crippen LogP) is 3.99. The number of anilines is 1. The fourth-order valence-corrected chi connectivity index (χ4v) is 3.87. The fourth-order valence-electron chi connectivity index (χ4n) is 3.60. The van der Waals surface area contributed by atoms with Crippen LogP contribution in [0.4, 0.5) is 5.69 Å². The average Bonchev–Trinajstić information content (AvgIpc) is 3.04. The van der Waals surface area contributed by atoms with Gasteiger partial charge < -0.3 is 24.4 Å². The molecule has 3 rings (SSSR count). The highest BCUT2D eigenvalue weighted by Crippen LogP contribution is 2.40. The maximum atomic E-state index is 13.1. The number of carbonyl (C=O) groups is 2. The molecule has 0 bridgehead atoms. The second kappa shape index (κ2) is 8.95. The molecule has 1 aliphatic rings. The Morgan fingerprint density at radius 3 is 2.23 bits per heavy atom. The van der Waals surface area contributed by atoms with Crippen LogP contribution in [0.1, 0.15) is 25.3 Å². The molecule has 0 saturated carbocycles. The van der Waals surface area contributed by atoms with Crippen LogP contribution in [0.25, 0.3) is 0 Å². The standard InChI is InChI=1S/C22H25BrN2O5/c1-22(21(27)24-16-7-5-15(23)6-8-16)10-9-19(26)25(22)13-14-11-17(28-2)20(30-4)18(12-14)29-3/h5-8,11-12H,9-10,13H2,1-4H3,(H,24,27)/t22-/m1/s1. The van der Waals surface area contributed by atoms with E-state index in [2.05, 4.69) is 21.2 Å². The molecule has 30 heavy (non-hydrogen) atoms. The molecule has 0 radical (unpaired) electrons. The fraction of sp³-hybridized carbons (Fsp3) is 0.364. The van der Waals surface area contributed by atoms with Gasteiger partial charge in [0.1, 0.15) is 5.54 Å².